The third-order valence-electron chi connectivity index (χ3n) is 2.50. The van der Waals surface area contributed by atoms with E-state index in [-0.39, 0.29) is 23.3 Å². The molecule has 0 heterocycles. The third-order valence-corrected chi connectivity index (χ3v) is 4.76. The number of nitrogen functional groups attached to an aromatic ring is 1. The van der Waals surface area contributed by atoms with Gasteiger partial charge in [-0.2, -0.15) is 4.31 Å². The molecule has 0 saturated carbocycles. The standard InChI is InChI=1S/C12H16ClFN2O2S/c1-4-5-16(8(2)3)19(17,18)11-7-9(13)6-10(15)12(11)14/h4,6-8H,1,5,15H2,2-3H3. The van der Waals surface area contributed by atoms with Crippen LogP contribution in [0.4, 0.5) is 10.1 Å². The lowest BCUT2D eigenvalue weighted by molar-refractivity contribution is 0.380. The molecule has 1 aromatic carbocycles. The number of hydrogen-bond donors (Lipinski definition) is 1. The topological polar surface area (TPSA) is 63.4 Å². The first-order valence-electron chi connectivity index (χ1n) is 5.59. The van der Waals surface area contributed by atoms with Gasteiger partial charge in [0.15, 0.2) is 5.82 Å². The molecule has 0 spiro atoms. The predicted molar refractivity (Wildman–Crippen MR) is 75.0 cm³/mol. The van der Waals surface area contributed by atoms with Crippen LogP contribution < -0.4 is 5.73 Å². The number of hydrogen-bond acceptors (Lipinski definition) is 3. The summed E-state index contributed by atoms with van der Waals surface area (Å²) in [6.45, 7) is 6.95. The van der Waals surface area contributed by atoms with Crippen LogP contribution >= 0.6 is 11.6 Å². The molecule has 0 amide bonds. The second-order valence-corrected chi connectivity index (χ2v) is 6.56. The molecule has 1 rings (SSSR count). The summed E-state index contributed by atoms with van der Waals surface area (Å²) in [7, 11) is -4.02. The van der Waals surface area contributed by atoms with E-state index in [1.807, 2.05) is 0 Å². The van der Waals surface area contributed by atoms with Crippen LogP contribution in [0.3, 0.4) is 0 Å². The maximum atomic E-state index is 13.9. The zero-order valence-electron chi connectivity index (χ0n) is 10.7. The number of anilines is 1. The molecule has 0 saturated heterocycles. The SMILES string of the molecule is C=CCN(C(C)C)S(=O)(=O)c1cc(Cl)cc(N)c1F. The second-order valence-electron chi connectivity index (χ2n) is 4.26. The van der Waals surface area contributed by atoms with E-state index in [4.69, 9.17) is 17.3 Å². The summed E-state index contributed by atoms with van der Waals surface area (Å²) in [6.07, 6.45) is 1.43. The van der Waals surface area contributed by atoms with E-state index >= 15 is 0 Å². The summed E-state index contributed by atoms with van der Waals surface area (Å²) in [5, 5.41) is 0.0692. The minimum absolute atomic E-state index is 0.0692. The Labute approximate surface area is 117 Å². The van der Waals surface area contributed by atoms with E-state index < -0.39 is 20.7 Å². The van der Waals surface area contributed by atoms with E-state index in [9.17, 15) is 12.8 Å². The summed E-state index contributed by atoms with van der Waals surface area (Å²) in [4.78, 5) is -0.520. The van der Waals surface area contributed by atoms with Gasteiger partial charge < -0.3 is 5.73 Å². The van der Waals surface area contributed by atoms with Crippen LogP contribution in [0, 0.1) is 5.82 Å². The molecule has 0 aromatic heterocycles. The van der Waals surface area contributed by atoms with Gasteiger partial charge >= 0.3 is 0 Å². The monoisotopic (exact) mass is 306 g/mol. The molecule has 106 valence electrons. The highest BCUT2D eigenvalue weighted by molar-refractivity contribution is 7.89. The van der Waals surface area contributed by atoms with Crippen molar-refractivity contribution in [1.82, 2.24) is 4.31 Å². The van der Waals surface area contributed by atoms with E-state index in [1.54, 1.807) is 13.8 Å². The lowest BCUT2D eigenvalue weighted by Gasteiger charge is -2.25. The average molecular weight is 307 g/mol. The molecule has 0 aliphatic rings. The molecule has 0 aliphatic heterocycles. The molecule has 2 N–H and O–H groups in total. The molecule has 0 bridgehead atoms. The van der Waals surface area contributed by atoms with Crippen molar-refractivity contribution in [3.63, 3.8) is 0 Å². The van der Waals surface area contributed by atoms with Crippen LogP contribution in [0.25, 0.3) is 0 Å². The minimum atomic E-state index is -4.02. The van der Waals surface area contributed by atoms with Gasteiger partial charge in [-0.15, -0.1) is 6.58 Å². The normalized spacial score (nSPS) is 12.1. The predicted octanol–water partition coefficient (Wildman–Crippen LogP) is 2.65. The zero-order chi connectivity index (χ0) is 14.8. The van der Waals surface area contributed by atoms with Crippen LogP contribution in [0.15, 0.2) is 29.7 Å². The van der Waals surface area contributed by atoms with Crippen molar-refractivity contribution in [2.75, 3.05) is 12.3 Å². The second kappa shape index (κ2) is 5.90. The minimum Gasteiger partial charge on any atom is -0.396 e. The summed E-state index contributed by atoms with van der Waals surface area (Å²) in [5.41, 5.74) is 5.11. The van der Waals surface area contributed by atoms with Gasteiger partial charge in [0.25, 0.3) is 0 Å². The molecule has 0 radical (unpaired) electrons. The Bertz CT molecular complexity index is 588. The molecule has 0 aliphatic carbocycles. The summed E-state index contributed by atoms with van der Waals surface area (Å²) in [5.74, 6) is -0.987. The van der Waals surface area contributed by atoms with Crippen LogP contribution in [-0.4, -0.2) is 25.3 Å². The van der Waals surface area contributed by atoms with Crippen LogP contribution in [0.5, 0.6) is 0 Å². The maximum Gasteiger partial charge on any atom is 0.246 e. The Morgan fingerprint density at radius 2 is 2.11 bits per heavy atom. The van der Waals surface area contributed by atoms with Crippen molar-refractivity contribution in [3.05, 3.63) is 35.6 Å². The molecule has 7 heteroatoms. The Hall–Kier alpha value is -1.11. The van der Waals surface area contributed by atoms with Gasteiger partial charge in [-0.05, 0) is 26.0 Å². The van der Waals surface area contributed by atoms with Crippen LogP contribution in [-0.2, 0) is 10.0 Å². The number of benzene rings is 1. The van der Waals surface area contributed by atoms with Gasteiger partial charge in [0.1, 0.15) is 4.90 Å². The fraction of sp³-hybridized carbons (Fsp3) is 0.333. The number of sulfonamides is 1. The molecule has 0 atom stereocenters. The van der Waals surface area contributed by atoms with Gasteiger partial charge in [0.2, 0.25) is 10.0 Å². The Kier molecular flexibility index (Phi) is 4.95. The Balaban J connectivity index is 3.45. The van der Waals surface area contributed by atoms with Gasteiger partial charge in [-0.25, -0.2) is 12.8 Å². The third kappa shape index (κ3) is 3.26. The lowest BCUT2D eigenvalue weighted by atomic mass is 10.3. The molecule has 4 nitrogen and oxygen atoms in total. The van der Waals surface area contributed by atoms with Gasteiger partial charge in [0, 0.05) is 17.6 Å². The molecule has 0 fully saturated rings. The van der Waals surface area contributed by atoms with E-state index in [0.29, 0.717) is 0 Å². The van der Waals surface area contributed by atoms with Crippen molar-refractivity contribution in [2.45, 2.75) is 24.8 Å². The van der Waals surface area contributed by atoms with Crippen molar-refractivity contribution in [1.29, 1.82) is 0 Å². The van der Waals surface area contributed by atoms with E-state index in [0.717, 1.165) is 10.4 Å². The van der Waals surface area contributed by atoms with Crippen molar-refractivity contribution < 1.29 is 12.8 Å². The fourth-order valence-corrected chi connectivity index (χ4v) is 3.63. The highest BCUT2D eigenvalue weighted by atomic mass is 35.5. The van der Waals surface area contributed by atoms with Gasteiger partial charge in [-0.3, -0.25) is 0 Å². The lowest BCUT2D eigenvalue weighted by Crippen LogP contribution is -2.37. The maximum absolute atomic E-state index is 13.9. The Morgan fingerprint density at radius 3 is 2.58 bits per heavy atom. The number of nitrogens with zero attached hydrogens (tertiary/aromatic N) is 1. The van der Waals surface area contributed by atoms with Gasteiger partial charge in [-0.1, -0.05) is 17.7 Å². The highest BCUT2D eigenvalue weighted by Gasteiger charge is 2.30. The van der Waals surface area contributed by atoms with Crippen molar-refractivity contribution in [2.24, 2.45) is 0 Å². The molecular formula is C12H16ClFN2O2S. The largest absolute Gasteiger partial charge is 0.396 e. The first kappa shape index (κ1) is 15.9. The molecule has 1 aromatic rings. The highest BCUT2D eigenvalue weighted by Crippen LogP contribution is 2.28. The number of rotatable bonds is 5. The van der Waals surface area contributed by atoms with Gasteiger partial charge in [0.05, 0.1) is 5.69 Å². The van der Waals surface area contributed by atoms with Crippen LogP contribution in [0.1, 0.15) is 13.8 Å². The van der Waals surface area contributed by atoms with Crippen molar-refractivity contribution in [3.8, 4) is 0 Å². The molecule has 19 heavy (non-hydrogen) atoms. The fourth-order valence-electron chi connectivity index (χ4n) is 1.61. The summed E-state index contributed by atoms with van der Waals surface area (Å²) < 4.78 is 39.9. The summed E-state index contributed by atoms with van der Waals surface area (Å²) in [6, 6.07) is 1.88. The van der Waals surface area contributed by atoms with E-state index in [2.05, 4.69) is 6.58 Å². The molecule has 0 unspecified atom stereocenters. The number of nitrogens with two attached hydrogens (primary N) is 1. The molecular weight excluding hydrogens is 291 g/mol. The zero-order valence-corrected chi connectivity index (χ0v) is 12.3. The first-order chi connectivity index (χ1) is 8.71. The average Bonchev–Trinajstić information content (AvgIpc) is 2.29. The Morgan fingerprint density at radius 1 is 1.53 bits per heavy atom. The van der Waals surface area contributed by atoms with E-state index in [1.165, 1.54) is 12.1 Å². The summed E-state index contributed by atoms with van der Waals surface area (Å²) >= 11 is 5.74. The van der Waals surface area contributed by atoms with Crippen molar-refractivity contribution >= 4 is 27.3 Å². The smallest absolute Gasteiger partial charge is 0.246 e. The number of halogens is 2. The quantitative estimate of drug-likeness (QED) is 0.672. The first-order valence-corrected chi connectivity index (χ1v) is 7.41. The van der Waals surface area contributed by atoms with Crippen LogP contribution in [0.2, 0.25) is 5.02 Å².